The van der Waals surface area contributed by atoms with Gasteiger partial charge in [0.25, 0.3) is 0 Å². The fourth-order valence-electron chi connectivity index (χ4n) is 4.07. The summed E-state index contributed by atoms with van der Waals surface area (Å²) >= 11 is 0. The van der Waals surface area contributed by atoms with E-state index < -0.39 is 0 Å². The molecule has 0 aromatic heterocycles. The number of hydrogen-bond donors (Lipinski definition) is 0. The zero-order valence-electron chi connectivity index (χ0n) is 13.1. The average molecular weight is 278 g/mol. The van der Waals surface area contributed by atoms with Crippen LogP contribution in [0.5, 0.6) is 0 Å². The number of rotatable bonds is 6. The molecular weight excluding hydrogens is 252 g/mol. The first-order valence-corrected chi connectivity index (χ1v) is 8.00. The van der Waals surface area contributed by atoms with E-state index in [-0.39, 0.29) is 17.5 Å². The van der Waals surface area contributed by atoms with Gasteiger partial charge in [0, 0.05) is 11.8 Å². The lowest BCUT2D eigenvalue weighted by molar-refractivity contribution is -0.146. The van der Waals surface area contributed by atoms with Crippen molar-refractivity contribution in [1.29, 1.82) is 0 Å². The van der Waals surface area contributed by atoms with Crippen LogP contribution >= 0.6 is 0 Å². The highest BCUT2D eigenvalue weighted by Crippen LogP contribution is 2.75. The summed E-state index contributed by atoms with van der Waals surface area (Å²) in [5, 5.41) is 0. The fraction of sp³-hybridized carbons (Fsp3) is 0.824. The summed E-state index contributed by atoms with van der Waals surface area (Å²) in [4.78, 5) is 11.6. The van der Waals surface area contributed by atoms with Gasteiger partial charge in [-0.15, -0.1) is 0 Å². The fourth-order valence-corrected chi connectivity index (χ4v) is 4.07. The van der Waals surface area contributed by atoms with E-state index in [1.54, 1.807) is 0 Å². The predicted molar refractivity (Wildman–Crippen MR) is 77.0 cm³/mol. The topological polar surface area (TPSA) is 35.5 Å². The molecule has 0 spiro atoms. The zero-order valence-corrected chi connectivity index (χ0v) is 13.1. The van der Waals surface area contributed by atoms with Crippen LogP contribution in [0.4, 0.5) is 0 Å². The van der Waals surface area contributed by atoms with Crippen LogP contribution < -0.4 is 0 Å². The number of hydrogen-bond acceptors (Lipinski definition) is 3. The number of carbonyl (C=O) groups is 1. The van der Waals surface area contributed by atoms with Gasteiger partial charge in [0.1, 0.15) is 5.76 Å². The summed E-state index contributed by atoms with van der Waals surface area (Å²) in [6.45, 7) is 9.62. The van der Waals surface area contributed by atoms with E-state index >= 15 is 0 Å². The van der Waals surface area contributed by atoms with Crippen molar-refractivity contribution in [2.24, 2.45) is 16.7 Å². The summed E-state index contributed by atoms with van der Waals surface area (Å²) in [5.41, 5.74) is 2.02. The van der Waals surface area contributed by atoms with E-state index in [4.69, 9.17) is 9.47 Å². The molecule has 20 heavy (non-hydrogen) atoms. The molecule has 2 aliphatic carbocycles. The smallest absolute Gasteiger partial charge is 0.347 e. The lowest BCUT2D eigenvalue weighted by atomic mass is 9.69. The van der Waals surface area contributed by atoms with Crippen molar-refractivity contribution in [2.45, 2.75) is 65.9 Å². The summed E-state index contributed by atoms with van der Waals surface area (Å²) < 4.78 is 11.1. The third-order valence-corrected chi connectivity index (χ3v) is 6.01. The molecule has 1 heterocycles. The highest BCUT2D eigenvalue weighted by Gasteiger charge is 2.68. The monoisotopic (exact) mass is 278 g/mol. The SMILES string of the molecule is CCC(C)(CC)CC12CC1C(C)=C2OC1CCOC1=O. The molecule has 3 aliphatic rings. The standard InChI is InChI=1S/C17H26O3/c1-5-16(4,6-2)10-17-9-12(17)11(3)14(17)20-13-7-8-19-15(13)18/h12-13H,5-10H2,1-4H3. The number of fused-ring (bicyclic) bond motifs is 1. The van der Waals surface area contributed by atoms with Gasteiger partial charge in [0.15, 0.2) is 6.10 Å². The molecule has 112 valence electrons. The zero-order chi connectivity index (χ0) is 14.5. The van der Waals surface area contributed by atoms with Gasteiger partial charge < -0.3 is 9.47 Å². The Labute approximate surface area is 121 Å². The highest BCUT2D eigenvalue weighted by atomic mass is 16.6. The normalized spacial score (nSPS) is 35.5. The van der Waals surface area contributed by atoms with Crippen LogP contribution in [0.3, 0.4) is 0 Å². The highest BCUT2D eigenvalue weighted by molar-refractivity contribution is 5.76. The van der Waals surface area contributed by atoms with Crippen LogP contribution in [-0.2, 0) is 14.3 Å². The first kappa shape index (κ1) is 14.0. The van der Waals surface area contributed by atoms with Crippen LogP contribution in [-0.4, -0.2) is 18.7 Å². The van der Waals surface area contributed by atoms with E-state index in [9.17, 15) is 4.79 Å². The van der Waals surface area contributed by atoms with Gasteiger partial charge >= 0.3 is 5.97 Å². The molecule has 0 amide bonds. The van der Waals surface area contributed by atoms with E-state index in [2.05, 4.69) is 27.7 Å². The van der Waals surface area contributed by atoms with Gasteiger partial charge in [-0.25, -0.2) is 4.79 Å². The Balaban J connectivity index is 1.72. The van der Waals surface area contributed by atoms with Crippen molar-refractivity contribution < 1.29 is 14.3 Å². The lowest BCUT2D eigenvalue weighted by Gasteiger charge is -2.39. The van der Waals surface area contributed by atoms with E-state index in [1.807, 2.05) is 0 Å². The van der Waals surface area contributed by atoms with E-state index in [0.717, 1.165) is 5.76 Å². The Kier molecular flexibility index (Phi) is 3.15. The largest absolute Gasteiger partial charge is 0.482 e. The average Bonchev–Trinajstić information content (AvgIpc) is 2.92. The second-order valence-corrected chi connectivity index (χ2v) is 7.18. The van der Waals surface area contributed by atoms with Gasteiger partial charge in [-0.2, -0.15) is 0 Å². The van der Waals surface area contributed by atoms with Crippen molar-refractivity contribution in [3.8, 4) is 0 Å². The van der Waals surface area contributed by atoms with Gasteiger partial charge in [0.2, 0.25) is 0 Å². The van der Waals surface area contributed by atoms with Crippen LogP contribution in [0.2, 0.25) is 0 Å². The molecule has 3 atom stereocenters. The van der Waals surface area contributed by atoms with Gasteiger partial charge in [-0.3, -0.25) is 0 Å². The quantitative estimate of drug-likeness (QED) is 0.693. The molecule has 1 saturated carbocycles. The van der Waals surface area contributed by atoms with Crippen molar-refractivity contribution in [3.63, 3.8) is 0 Å². The number of carbonyl (C=O) groups excluding carboxylic acids is 1. The van der Waals surface area contributed by atoms with Crippen molar-refractivity contribution in [3.05, 3.63) is 11.3 Å². The molecule has 3 rings (SSSR count). The molecule has 3 heteroatoms. The molecule has 0 bridgehead atoms. The Morgan fingerprint density at radius 1 is 1.40 bits per heavy atom. The minimum atomic E-state index is -0.354. The summed E-state index contributed by atoms with van der Waals surface area (Å²) in [5.74, 6) is 1.66. The Morgan fingerprint density at radius 2 is 2.10 bits per heavy atom. The minimum Gasteiger partial charge on any atom is -0.482 e. The molecule has 3 nitrogen and oxygen atoms in total. The first-order valence-electron chi connectivity index (χ1n) is 8.00. The predicted octanol–water partition coefficient (Wildman–Crippen LogP) is 3.83. The third-order valence-electron chi connectivity index (χ3n) is 6.01. The first-order chi connectivity index (χ1) is 9.46. The van der Waals surface area contributed by atoms with E-state index in [0.29, 0.717) is 24.4 Å². The molecule has 1 aliphatic heterocycles. The van der Waals surface area contributed by atoms with Crippen LogP contribution in [0.15, 0.2) is 11.3 Å². The van der Waals surface area contributed by atoms with Gasteiger partial charge in [-0.05, 0) is 36.7 Å². The number of ether oxygens (including phenoxy) is 2. The van der Waals surface area contributed by atoms with Crippen molar-refractivity contribution in [2.75, 3.05) is 6.61 Å². The maximum absolute atomic E-state index is 11.6. The third kappa shape index (κ3) is 1.89. The molecule has 0 radical (unpaired) electrons. The lowest BCUT2D eigenvalue weighted by Crippen LogP contribution is -2.32. The van der Waals surface area contributed by atoms with Gasteiger partial charge in [-0.1, -0.05) is 33.6 Å². The molecule has 0 aromatic carbocycles. The molecule has 0 aromatic rings. The Morgan fingerprint density at radius 3 is 2.60 bits per heavy atom. The summed E-state index contributed by atoms with van der Waals surface area (Å²) in [6.07, 6.45) is 5.19. The summed E-state index contributed by atoms with van der Waals surface area (Å²) in [6, 6.07) is 0. The second-order valence-electron chi connectivity index (χ2n) is 7.18. The summed E-state index contributed by atoms with van der Waals surface area (Å²) in [7, 11) is 0. The minimum absolute atomic E-state index is 0.182. The van der Waals surface area contributed by atoms with Crippen molar-refractivity contribution in [1.82, 2.24) is 0 Å². The maximum Gasteiger partial charge on any atom is 0.347 e. The van der Waals surface area contributed by atoms with Crippen LogP contribution in [0.25, 0.3) is 0 Å². The van der Waals surface area contributed by atoms with Crippen molar-refractivity contribution >= 4 is 5.97 Å². The number of allylic oxidation sites excluding steroid dienone is 2. The number of esters is 1. The maximum atomic E-state index is 11.6. The Hall–Kier alpha value is -0.990. The van der Waals surface area contributed by atoms with E-state index in [1.165, 1.54) is 31.3 Å². The second kappa shape index (κ2) is 4.51. The molecule has 3 unspecified atom stereocenters. The molecule has 0 N–H and O–H groups in total. The molecule has 1 saturated heterocycles. The van der Waals surface area contributed by atoms with Gasteiger partial charge in [0.05, 0.1) is 6.61 Å². The van der Waals surface area contributed by atoms with Crippen LogP contribution in [0.1, 0.15) is 59.8 Å². The van der Waals surface area contributed by atoms with Crippen LogP contribution in [0, 0.1) is 16.7 Å². The molecular formula is C17H26O3. The Bertz CT molecular complexity index is 461. The number of cyclic esters (lactones) is 1. The molecule has 2 fully saturated rings.